The maximum absolute atomic E-state index is 13.4. The molecule has 0 aliphatic carbocycles. The summed E-state index contributed by atoms with van der Waals surface area (Å²) in [5.41, 5.74) is 1.36. The van der Waals surface area contributed by atoms with Crippen LogP contribution >= 0.6 is 23.2 Å². The lowest BCUT2D eigenvalue weighted by molar-refractivity contribution is -0.120. The minimum Gasteiger partial charge on any atom is -0.352 e. The number of nitrogens with zero attached hydrogens (tertiary/aromatic N) is 1. The van der Waals surface area contributed by atoms with E-state index in [9.17, 15) is 13.2 Å². The van der Waals surface area contributed by atoms with Crippen molar-refractivity contribution in [3.05, 3.63) is 94.5 Å². The van der Waals surface area contributed by atoms with Gasteiger partial charge in [0.25, 0.3) is 10.0 Å². The second kappa shape index (κ2) is 10.9. The van der Waals surface area contributed by atoms with Gasteiger partial charge >= 0.3 is 0 Å². The summed E-state index contributed by atoms with van der Waals surface area (Å²) in [5.74, 6) is -0.420. The van der Waals surface area contributed by atoms with Crippen LogP contribution in [0.25, 0.3) is 0 Å². The second-order valence-corrected chi connectivity index (χ2v) is 10.1. The van der Waals surface area contributed by atoms with Crippen LogP contribution in [0.3, 0.4) is 0 Å². The van der Waals surface area contributed by atoms with Crippen LogP contribution in [0, 0.1) is 0 Å². The molecule has 0 aromatic heterocycles. The van der Waals surface area contributed by atoms with Crippen molar-refractivity contribution in [2.24, 2.45) is 0 Å². The van der Waals surface area contributed by atoms with E-state index in [-0.39, 0.29) is 21.6 Å². The minimum absolute atomic E-state index is 0.0657. The monoisotopic (exact) mass is 490 g/mol. The van der Waals surface area contributed by atoms with Gasteiger partial charge in [-0.2, -0.15) is 0 Å². The maximum atomic E-state index is 13.4. The number of amides is 1. The molecule has 168 valence electrons. The van der Waals surface area contributed by atoms with Crippen LogP contribution in [0.15, 0.2) is 83.8 Å². The molecule has 1 amide bonds. The number of hydrogen-bond acceptors (Lipinski definition) is 3. The van der Waals surface area contributed by atoms with Gasteiger partial charge in [0.05, 0.1) is 15.6 Å². The summed E-state index contributed by atoms with van der Waals surface area (Å²) in [5, 5.41) is 3.40. The summed E-state index contributed by atoms with van der Waals surface area (Å²) >= 11 is 12.3. The average molecular weight is 491 g/mol. The maximum Gasteiger partial charge on any atom is 0.264 e. The number of sulfonamides is 1. The van der Waals surface area contributed by atoms with Crippen LogP contribution in [0.1, 0.15) is 18.9 Å². The fourth-order valence-electron chi connectivity index (χ4n) is 3.25. The predicted octanol–water partition coefficient (Wildman–Crippen LogP) is 5.33. The number of hydrogen-bond donors (Lipinski definition) is 1. The number of anilines is 1. The molecule has 0 aliphatic heterocycles. The van der Waals surface area contributed by atoms with E-state index >= 15 is 0 Å². The highest BCUT2D eigenvalue weighted by Crippen LogP contribution is 2.32. The molecule has 1 N–H and O–H groups in total. The van der Waals surface area contributed by atoms with E-state index in [1.54, 1.807) is 18.2 Å². The van der Waals surface area contributed by atoms with E-state index in [4.69, 9.17) is 23.2 Å². The molecule has 0 spiro atoms. The zero-order valence-corrected chi connectivity index (χ0v) is 19.9. The van der Waals surface area contributed by atoms with Crippen LogP contribution in [-0.4, -0.2) is 26.9 Å². The summed E-state index contributed by atoms with van der Waals surface area (Å²) in [6, 6.07) is 22.3. The quantitative estimate of drug-likeness (QED) is 0.440. The molecule has 8 heteroatoms. The molecule has 0 radical (unpaired) electrons. The number of benzene rings is 3. The van der Waals surface area contributed by atoms with E-state index in [1.165, 1.54) is 35.9 Å². The van der Waals surface area contributed by atoms with Gasteiger partial charge in [0.15, 0.2) is 0 Å². The Hall–Kier alpha value is -2.54. The zero-order chi connectivity index (χ0) is 23.1. The summed E-state index contributed by atoms with van der Waals surface area (Å²) < 4.78 is 27.7. The van der Waals surface area contributed by atoms with E-state index in [0.717, 1.165) is 17.1 Å². The molecule has 0 heterocycles. The van der Waals surface area contributed by atoms with Gasteiger partial charge in [-0.1, -0.05) is 71.7 Å². The molecule has 3 aromatic rings. The van der Waals surface area contributed by atoms with Gasteiger partial charge < -0.3 is 5.32 Å². The molecule has 0 saturated heterocycles. The Kier molecular flexibility index (Phi) is 8.18. The highest BCUT2D eigenvalue weighted by Gasteiger charge is 2.29. The van der Waals surface area contributed by atoms with Gasteiger partial charge in [-0.3, -0.25) is 9.10 Å². The van der Waals surface area contributed by atoms with Gasteiger partial charge in [0.2, 0.25) is 5.91 Å². The molecular formula is C24H24Cl2N2O3S. The standard InChI is InChI=1S/C24H24Cl2N2O3S/c1-18(12-13-19-8-4-2-5-9-19)27-24(29)17-28(23-15-14-20(25)16-22(23)26)32(30,31)21-10-6-3-7-11-21/h2-11,14-16,18H,12-13,17H2,1H3,(H,27,29)/t18-/m1/s1. The smallest absolute Gasteiger partial charge is 0.264 e. The van der Waals surface area contributed by atoms with Gasteiger partial charge in [0, 0.05) is 11.1 Å². The molecule has 5 nitrogen and oxygen atoms in total. The summed E-state index contributed by atoms with van der Waals surface area (Å²) in [7, 11) is -4.03. The van der Waals surface area contributed by atoms with Crippen molar-refractivity contribution in [3.8, 4) is 0 Å². The SMILES string of the molecule is C[C@H](CCc1ccccc1)NC(=O)CN(c1ccc(Cl)cc1Cl)S(=O)(=O)c1ccccc1. The Balaban J connectivity index is 1.78. The Morgan fingerprint density at radius 2 is 1.59 bits per heavy atom. The van der Waals surface area contributed by atoms with E-state index in [0.29, 0.717) is 5.02 Å². The third-order valence-electron chi connectivity index (χ3n) is 4.91. The molecule has 0 fully saturated rings. The van der Waals surface area contributed by atoms with Crippen LogP contribution in [-0.2, 0) is 21.2 Å². The highest BCUT2D eigenvalue weighted by molar-refractivity contribution is 7.92. The Bertz CT molecular complexity index is 1160. The number of aryl methyl sites for hydroxylation is 1. The molecule has 1 atom stereocenters. The summed E-state index contributed by atoms with van der Waals surface area (Å²) in [6.45, 7) is 1.49. The van der Waals surface area contributed by atoms with Crippen LogP contribution < -0.4 is 9.62 Å². The summed E-state index contributed by atoms with van der Waals surface area (Å²) in [6.07, 6.45) is 1.53. The molecule has 3 rings (SSSR count). The van der Waals surface area contributed by atoms with Crippen molar-refractivity contribution in [1.29, 1.82) is 0 Å². The third-order valence-corrected chi connectivity index (χ3v) is 7.22. The normalized spacial score (nSPS) is 12.2. The highest BCUT2D eigenvalue weighted by atomic mass is 35.5. The van der Waals surface area contributed by atoms with E-state index in [1.807, 2.05) is 37.3 Å². The zero-order valence-electron chi connectivity index (χ0n) is 17.5. The molecule has 0 aliphatic rings. The second-order valence-electron chi connectivity index (χ2n) is 7.41. The van der Waals surface area contributed by atoms with Crippen molar-refractivity contribution in [1.82, 2.24) is 5.32 Å². The number of carbonyl (C=O) groups is 1. The van der Waals surface area contributed by atoms with Crippen molar-refractivity contribution >= 4 is 44.8 Å². The Labute approximate surface area is 199 Å². The third kappa shape index (κ3) is 6.25. The van der Waals surface area contributed by atoms with Gasteiger partial charge in [-0.25, -0.2) is 8.42 Å². The van der Waals surface area contributed by atoms with Crippen LogP contribution in [0.5, 0.6) is 0 Å². The molecule has 32 heavy (non-hydrogen) atoms. The molecular weight excluding hydrogens is 467 g/mol. The lowest BCUT2D eigenvalue weighted by atomic mass is 10.1. The first-order valence-electron chi connectivity index (χ1n) is 10.1. The molecule has 0 unspecified atom stereocenters. The number of carbonyl (C=O) groups excluding carboxylic acids is 1. The van der Waals surface area contributed by atoms with Crippen molar-refractivity contribution in [3.63, 3.8) is 0 Å². The molecule has 3 aromatic carbocycles. The fourth-order valence-corrected chi connectivity index (χ4v) is 5.28. The van der Waals surface area contributed by atoms with E-state index < -0.39 is 22.5 Å². The first kappa shape index (κ1) is 24.1. The van der Waals surface area contributed by atoms with Gasteiger partial charge in [-0.15, -0.1) is 0 Å². The van der Waals surface area contributed by atoms with Gasteiger partial charge in [0.1, 0.15) is 6.54 Å². The van der Waals surface area contributed by atoms with E-state index in [2.05, 4.69) is 5.32 Å². The topological polar surface area (TPSA) is 66.5 Å². The minimum atomic E-state index is -4.03. The number of nitrogens with one attached hydrogen (secondary N) is 1. The number of halogens is 2. The van der Waals surface area contributed by atoms with Crippen LogP contribution in [0.2, 0.25) is 10.0 Å². The fraction of sp³-hybridized carbons (Fsp3) is 0.208. The predicted molar refractivity (Wildman–Crippen MR) is 130 cm³/mol. The van der Waals surface area contributed by atoms with Crippen molar-refractivity contribution in [2.75, 3.05) is 10.8 Å². The first-order valence-corrected chi connectivity index (χ1v) is 12.3. The first-order chi connectivity index (χ1) is 15.3. The molecule has 0 bridgehead atoms. The molecule has 0 saturated carbocycles. The lowest BCUT2D eigenvalue weighted by Gasteiger charge is -2.26. The Morgan fingerprint density at radius 1 is 0.969 bits per heavy atom. The lowest BCUT2D eigenvalue weighted by Crippen LogP contribution is -2.43. The van der Waals surface area contributed by atoms with Gasteiger partial charge in [-0.05, 0) is 55.7 Å². The summed E-state index contributed by atoms with van der Waals surface area (Å²) in [4.78, 5) is 12.9. The Morgan fingerprint density at radius 3 is 2.22 bits per heavy atom. The van der Waals surface area contributed by atoms with Crippen LogP contribution in [0.4, 0.5) is 5.69 Å². The average Bonchev–Trinajstić information content (AvgIpc) is 2.78. The largest absolute Gasteiger partial charge is 0.352 e. The van der Waals surface area contributed by atoms with Crippen molar-refractivity contribution in [2.45, 2.75) is 30.7 Å². The number of rotatable bonds is 9. The van der Waals surface area contributed by atoms with Crippen molar-refractivity contribution < 1.29 is 13.2 Å².